The molecule has 4 nitrogen and oxygen atoms in total. The number of rotatable bonds is 4. The Morgan fingerprint density at radius 2 is 2.00 bits per heavy atom. The molecule has 1 aromatic rings. The van der Waals surface area contributed by atoms with Crippen molar-refractivity contribution in [3.05, 3.63) is 71.8 Å². The van der Waals surface area contributed by atoms with Crippen LogP contribution in [-0.4, -0.2) is 35.3 Å². The highest BCUT2D eigenvalue weighted by atomic mass is 16.5. The number of amides is 1. The number of hydrogen-bond donors (Lipinski definition) is 0. The van der Waals surface area contributed by atoms with Crippen LogP contribution in [0, 0.1) is 0 Å². The van der Waals surface area contributed by atoms with Crippen molar-refractivity contribution in [1.29, 1.82) is 0 Å². The molecule has 0 radical (unpaired) electrons. The van der Waals surface area contributed by atoms with Crippen molar-refractivity contribution >= 4 is 5.91 Å². The summed E-state index contributed by atoms with van der Waals surface area (Å²) < 4.78 is 5.95. The molecule has 2 heterocycles. The second-order valence-electron chi connectivity index (χ2n) is 5.37. The summed E-state index contributed by atoms with van der Waals surface area (Å²) in [5, 5.41) is 0. The predicted molar refractivity (Wildman–Crippen MR) is 85.5 cm³/mol. The third kappa shape index (κ3) is 2.64. The van der Waals surface area contributed by atoms with Crippen LogP contribution in [0.25, 0.3) is 0 Å². The van der Waals surface area contributed by atoms with Gasteiger partial charge in [-0.1, -0.05) is 36.9 Å². The molecule has 1 amide bonds. The first-order valence-corrected chi connectivity index (χ1v) is 7.55. The maximum Gasteiger partial charge on any atom is 0.274 e. The number of likely N-dealkylation sites (N-methyl/N-ethyl adjacent to an activating group) is 1. The number of carbonyl (C=O) groups excluding carboxylic acids is 1. The van der Waals surface area contributed by atoms with E-state index < -0.39 is 0 Å². The number of carbonyl (C=O) groups is 1. The molecular formula is C18H20N2O2. The third-order valence-electron chi connectivity index (χ3n) is 3.96. The van der Waals surface area contributed by atoms with Crippen molar-refractivity contribution in [2.75, 3.05) is 19.6 Å². The van der Waals surface area contributed by atoms with E-state index in [1.165, 1.54) is 0 Å². The van der Waals surface area contributed by atoms with Crippen LogP contribution in [0.1, 0.15) is 12.5 Å². The maximum atomic E-state index is 12.6. The van der Waals surface area contributed by atoms with Crippen molar-refractivity contribution in [2.45, 2.75) is 13.5 Å². The Balaban J connectivity index is 1.87. The van der Waals surface area contributed by atoms with Gasteiger partial charge in [0, 0.05) is 31.4 Å². The largest absolute Gasteiger partial charge is 0.486 e. The fourth-order valence-corrected chi connectivity index (χ4v) is 2.69. The Bertz CT molecular complexity index is 646. The Hall–Kier alpha value is -2.49. The molecule has 0 saturated carbocycles. The topological polar surface area (TPSA) is 32.8 Å². The van der Waals surface area contributed by atoms with Crippen LogP contribution in [0.3, 0.4) is 0 Å². The van der Waals surface area contributed by atoms with E-state index in [-0.39, 0.29) is 5.91 Å². The molecule has 4 heteroatoms. The molecule has 1 fully saturated rings. The van der Waals surface area contributed by atoms with Crippen molar-refractivity contribution < 1.29 is 9.53 Å². The van der Waals surface area contributed by atoms with E-state index in [4.69, 9.17) is 4.74 Å². The summed E-state index contributed by atoms with van der Waals surface area (Å²) in [7, 11) is 0. The number of benzene rings is 1. The number of allylic oxidation sites excluding steroid dienone is 1. The molecule has 0 aliphatic carbocycles. The van der Waals surface area contributed by atoms with E-state index in [0.717, 1.165) is 24.2 Å². The quantitative estimate of drug-likeness (QED) is 0.856. The monoisotopic (exact) mass is 296 g/mol. The van der Waals surface area contributed by atoms with E-state index in [9.17, 15) is 4.79 Å². The molecule has 22 heavy (non-hydrogen) atoms. The zero-order valence-corrected chi connectivity index (χ0v) is 12.8. The van der Waals surface area contributed by atoms with Gasteiger partial charge in [-0.2, -0.15) is 0 Å². The zero-order valence-electron chi connectivity index (χ0n) is 12.8. The van der Waals surface area contributed by atoms with Crippen molar-refractivity contribution in [3.8, 4) is 0 Å². The highest BCUT2D eigenvalue weighted by molar-refractivity contribution is 5.95. The van der Waals surface area contributed by atoms with Gasteiger partial charge in [-0.25, -0.2) is 0 Å². The Morgan fingerprint density at radius 3 is 2.73 bits per heavy atom. The second-order valence-corrected chi connectivity index (χ2v) is 5.37. The molecule has 2 aliphatic rings. The van der Waals surface area contributed by atoms with Gasteiger partial charge >= 0.3 is 0 Å². The van der Waals surface area contributed by atoms with E-state index in [1.54, 1.807) is 0 Å². The van der Waals surface area contributed by atoms with Crippen LogP contribution in [-0.2, 0) is 16.1 Å². The number of piperazine rings is 1. The molecule has 0 N–H and O–H groups in total. The van der Waals surface area contributed by atoms with E-state index in [0.29, 0.717) is 24.6 Å². The first-order valence-electron chi connectivity index (χ1n) is 7.55. The summed E-state index contributed by atoms with van der Waals surface area (Å²) in [6.07, 6.45) is 3.82. The molecule has 3 rings (SSSR count). The van der Waals surface area contributed by atoms with Gasteiger partial charge in [0.25, 0.3) is 5.91 Å². The van der Waals surface area contributed by atoms with Crippen LogP contribution >= 0.6 is 0 Å². The first-order chi connectivity index (χ1) is 10.7. The lowest BCUT2D eigenvalue weighted by atomic mass is 10.1. The van der Waals surface area contributed by atoms with Gasteiger partial charge in [-0.05, 0) is 18.6 Å². The SMILES string of the molecule is C=C1C=CN2CCN(CC)C(=O)C2=C1OCc1ccccc1. The molecule has 0 spiro atoms. The fourth-order valence-electron chi connectivity index (χ4n) is 2.69. The summed E-state index contributed by atoms with van der Waals surface area (Å²) >= 11 is 0. The summed E-state index contributed by atoms with van der Waals surface area (Å²) in [4.78, 5) is 16.4. The van der Waals surface area contributed by atoms with Crippen LogP contribution in [0.4, 0.5) is 0 Å². The van der Waals surface area contributed by atoms with Crippen LogP contribution in [0.15, 0.2) is 66.2 Å². The standard InChI is InChI=1S/C18H20N2O2/c1-3-19-11-12-20-10-9-14(2)17(16(20)18(19)21)22-13-15-7-5-4-6-8-15/h4-10H,2-3,11-13H2,1H3. The van der Waals surface area contributed by atoms with Gasteiger partial charge in [-0.3, -0.25) is 4.79 Å². The molecule has 0 aromatic heterocycles. The van der Waals surface area contributed by atoms with Crippen LogP contribution in [0.2, 0.25) is 0 Å². The average molecular weight is 296 g/mol. The number of fused-ring (bicyclic) bond motifs is 1. The molecule has 0 atom stereocenters. The zero-order chi connectivity index (χ0) is 15.5. The average Bonchev–Trinajstić information content (AvgIpc) is 2.55. The first kappa shape index (κ1) is 14.4. The number of hydrogen-bond acceptors (Lipinski definition) is 3. The van der Waals surface area contributed by atoms with Crippen molar-refractivity contribution in [1.82, 2.24) is 9.80 Å². The molecular weight excluding hydrogens is 276 g/mol. The van der Waals surface area contributed by atoms with Crippen molar-refractivity contribution in [2.24, 2.45) is 0 Å². The van der Waals surface area contributed by atoms with Gasteiger partial charge in [0.1, 0.15) is 12.3 Å². The lowest BCUT2D eigenvalue weighted by molar-refractivity contribution is -0.131. The summed E-state index contributed by atoms with van der Waals surface area (Å²) in [6.45, 7) is 8.67. The Morgan fingerprint density at radius 1 is 1.23 bits per heavy atom. The van der Waals surface area contributed by atoms with E-state index in [1.807, 2.05) is 59.3 Å². The van der Waals surface area contributed by atoms with E-state index >= 15 is 0 Å². The fraction of sp³-hybridized carbons (Fsp3) is 0.278. The van der Waals surface area contributed by atoms with E-state index in [2.05, 4.69) is 6.58 Å². The Labute approximate surface area is 131 Å². The summed E-state index contributed by atoms with van der Waals surface area (Å²) in [5.74, 6) is 0.608. The normalized spacial score (nSPS) is 17.9. The number of nitrogens with zero attached hydrogens (tertiary/aromatic N) is 2. The van der Waals surface area contributed by atoms with Crippen LogP contribution < -0.4 is 0 Å². The summed E-state index contributed by atoms with van der Waals surface area (Å²) in [5.41, 5.74) is 2.42. The maximum absolute atomic E-state index is 12.6. The van der Waals surface area contributed by atoms with Gasteiger partial charge in [0.2, 0.25) is 0 Å². The molecule has 0 bridgehead atoms. The second kappa shape index (κ2) is 6.10. The minimum atomic E-state index is 0.0160. The van der Waals surface area contributed by atoms with Gasteiger partial charge in [-0.15, -0.1) is 0 Å². The predicted octanol–water partition coefficient (Wildman–Crippen LogP) is 2.66. The Kier molecular flexibility index (Phi) is 4.00. The highest BCUT2D eigenvalue weighted by Gasteiger charge is 2.33. The highest BCUT2D eigenvalue weighted by Crippen LogP contribution is 2.29. The molecule has 1 saturated heterocycles. The van der Waals surface area contributed by atoms with Gasteiger partial charge < -0.3 is 14.5 Å². The van der Waals surface area contributed by atoms with Gasteiger partial charge in [0.15, 0.2) is 5.76 Å². The van der Waals surface area contributed by atoms with Crippen molar-refractivity contribution in [3.63, 3.8) is 0 Å². The third-order valence-corrected chi connectivity index (χ3v) is 3.96. The smallest absolute Gasteiger partial charge is 0.274 e. The molecule has 1 aromatic carbocycles. The number of ether oxygens (including phenoxy) is 1. The van der Waals surface area contributed by atoms with Gasteiger partial charge in [0.05, 0.1) is 0 Å². The molecule has 114 valence electrons. The van der Waals surface area contributed by atoms with Crippen LogP contribution in [0.5, 0.6) is 0 Å². The lowest BCUT2D eigenvalue weighted by Crippen LogP contribution is -2.48. The minimum absolute atomic E-state index is 0.0160. The molecule has 0 unspecified atom stereocenters. The lowest BCUT2D eigenvalue weighted by Gasteiger charge is -2.37. The molecule has 2 aliphatic heterocycles. The minimum Gasteiger partial charge on any atom is -0.486 e. The summed E-state index contributed by atoms with van der Waals surface area (Å²) in [6, 6.07) is 9.93.